The molecule has 0 radical (unpaired) electrons. The first-order valence-electron chi connectivity index (χ1n) is 7.77. The molecule has 0 aliphatic heterocycles. The standard InChI is InChI=1S/C19H23N3O2/c1-19(2,3)12-14-4-8-16(9-5-14)24-17-10-6-15(7-11-17)13-21-22-18(20)23/h4-11,13H,12H2,1-3H3,(H3,20,22,23)/b21-13+. The summed E-state index contributed by atoms with van der Waals surface area (Å²) in [6, 6.07) is 14.8. The first-order valence-corrected chi connectivity index (χ1v) is 7.77. The molecule has 2 aromatic carbocycles. The van der Waals surface area contributed by atoms with Crippen LogP contribution in [0.3, 0.4) is 0 Å². The molecule has 3 N–H and O–H groups in total. The number of benzene rings is 2. The van der Waals surface area contributed by atoms with E-state index in [0.29, 0.717) is 0 Å². The molecule has 0 aliphatic rings. The highest BCUT2D eigenvalue weighted by Crippen LogP contribution is 2.25. The van der Waals surface area contributed by atoms with E-state index in [9.17, 15) is 4.79 Å². The van der Waals surface area contributed by atoms with Crippen molar-refractivity contribution < 1.29 is 9.53 Å². The first-order chi connectivity index (χ1) is 11.3. The second-order valence-electron chi connectivity index (χ2n) is 6.79. The fraction of sp³-hybridized carbons (Fsp3) is 0.263. The summed E-state index contributed by atoms with van der Waals surface area (Å²) in [4.78, 5) is 10.5. The van der Waals surface area contributed by atoms with Gasteiger partial charge in [-0.15, -0.1) is 0 Å². The molecule has 0 aliphatic carbocycles. The average molecular weight is 325 g/mol. The van der Waals surface area contributed by atoms with Crippen molar-refractivity contribution in [3.05, 3.63) is 59.7 Å². The second kappa shape index (κ2) is 7.64. The minimum atomic E-state index is -0.693. The summed E-state index contributed by atoms with van der Waals surface area (Å²) in [6.45, 7) is 6.67. The van der Waals surface area contributed by atoms with Crippen LogP contribution in [0, 0.1) is 5.41 Å². The van der Waals surface area contributed by atoms with E-state index in [0.717, 1.165) is 23.5 Å². The number of nitrogens with one attached hydrogen (secondary N) is 1. The minimum Gasteiger partial charge on any atom is -0.457 e. The lowest BCUT2D eigenvalue weighted by Crippen LogP contribution is -2.24. The number of ether oxygens (including phenoxy) is 1. The van der Waals surface area contributed by atoms with Gasteiger partial charge in [-0.05, 0) is 59.4 Å². The van der Waals surface area contributed by atoms with Gasteiger partial charge >= 0.3 is 6.03 Å². The van der Waals surface area contributed by atoms with E-state index < -0.39 is 6.03 Å². The van der Waals surface area contributed by atoms with Crippen LogP contribution in [-0.4, -0.2) is 12.2 Å². The number of rotatable bonds is 5. The highest BCUT2D eigenvalue weighted by Gasteiger charge is 2.11. The normalized spacial score (nSPS) is 11.5. The van der Waals surface area contributed by atoms with Gasteiger partial charge in [-0.25, -0.2) is 10.2 Å². The maximum absolute atomic E-state index is 10.5. The van der Waals surface area contributed by atoms with Gasteiger partial charge in [-0.2, -0.15) is 5.10 Å². The van der Waals surface area contributed by atoms with E-state index >= 15 is 0 Å². The van der Waals surface area contributed by atoms with Crippen LogP contribution in [0.15, 0.2) is 53.6 Å². The van der Waals surface area contributed by atoms with Crippen molar-refractivity contribution >= 4 is 12.2 Å². The number of hydrazone groups is 1. The van der Waals surface area contributed by atoms with E-state index in [4.69, 9.17) is 10.5 Å². The minimum absolute atomic E-state index is 0.267. The van der Waals surface area contributed by atoms with Crippen molar-refractivity contribution in [2.45, 2.75) is 27.2 Å². The predicted molar refractivity (Wildman–Crippen MR) is 96.4 cm³/mol. The molecular weight excluding hydrogens is 302 g/mol. The monoisotopic (exact) mass is 325 g/mol. The third-order valence-electron chi connectivity index (χ3n) is 3.16. The Kier molecular flexibility index (Phi) is 5.58. The van der Waals surface area contributed by atoms with Crippen molar-refractivity contribution in [2.75, 3.05) is 0 Å². The molecule has 2 aromatic rings. The number of carbonyl (C=O) groups is 1. The smallest absolute Gasteiger partial charge is 0.332 e. The fourth-order valence-electron chi connectivity index (χ4n) is 2.22. The van der Waals surface area contributed by atoms with Gasteiger partial charge in [0.25, 0.3) is 0 Å². The third-order valence-corrected chi connectivity index (χ3v) is 3.16. The Morgan fingerprint density at radius 3 is 2.12 bits per heavy atom. The number of carbonyl (C=O) groups excluding carboxylic acids is 1. The summed E-state index contributed by atoms with van der Waals surface area (Å²) in [6.07, 6.45) is 2.54. The zero-order valence-electron chi connectivity index (χ0n) is 14.2. The van der Waals surface area contributed by atoms with Gasteiger partial charge < -0.3 is 10.5 Å². The molecule has 0 spiro atoms. The highest BCUT2D eigenvalue weighted by atomic mass is 16.5. The molecule has 126 valence electrons. The quantitative estimate of drug-likeness (QED) is 0.642. The van der Waals surface area contributed by atoms with Crippen molar-refractivity contribution in [1.29, 1.82) is 0 Å². The highest BCUT2D eigenvalue weighted by molar-refractivity contribution is 5.81. The van der Waals surface area contributed by atoms with Crippen LogP contribution in [0.5, 0.6) is 11.5 Å². The molecule has 0 aromatic heterocycles. The van der Waals surface area contributed by atoms with Crippen molar-refractivity contribution in [1.82, 2.24) is 5.43 Å². The predicted octanol–water partition coefficient (Wildman–Crippen LogP) is 4.07. The van der Waals surface area contributed by atoms with E-state index in [1.165, 1.54) is 11.8 Å². The maximum atomic E-state index is 10.5. The summed E-state index contributed by atoms with van der Waals surface area (Å²) in [5, 5.41) is 3.70. The van der Waals surface area contributed by atoms with E-state index in [1.54, 1.807) is 0 Å². The topological polar surface area (TPSA) is 76.7 Å². The Morgan fingerprint density at radius 1 is 1.08 bits per heavy atom. The SMILES string of the molecule is CC(C)(C)Cc1ccc(Oc2ccc(/C=N/NC(N)=O)cc2)cc1. The number of hydrogen-bond acceptors (Lipinski definition) is 3. The van der Waals surface area contributed by atoms with Gasteiger partial charge in [0.2, 0.25) is 0 Å². The van der Waals surface area contributed by atoms with Crippen LogP contribution < -0.4 is 15.9 Å². The Morgan fingerprint density at radius 2 is 1.62 bits per heavy atom. The summed E-state index contributed by atoms with van der Waals surface area (Å²) < 4.78 is 5.83. The molecule has 2 rings (SSSR count). The van der Waals surface area contributed by atoms with E-state index in [2.05, 4.69) is 43.4 Å². The van der Waals surface area contributed by atoms with Crippen molar-refractivity contribution in [2.24, 2.45) is 16.3 Å². The summed E-state index contributed by atoms with van der Waals surface area (Å²) >= 11 is 0. The Bertz CT molecular complexity index is 699. The van der Waals surface area contributed by atoms with Gasteiger partial charge in [-0.3, -0.25) is 0 Å². The number of nitrogens with two attached hydrogens (primary N) is 1. The Labute approximate surface area is 142 Å². The molecular formula is C19H23N3O2. The summed E-state index contributed by atoms with van der Waals surface area (Å²) in [5.74, 6) is 1.53. The largest absolute Gasteiger partial charge is 0.457 e. The van der Waals surface area contributed by atoms with E-state index in [-0.39, 0.29) is 5.41 Å². The van der Waals surface area contributed by atoms with Gasteiger partial charge in [0.15, 0.2) is 0 Å². The van der Waals surface area contributed by atoms with Crippen LogP contribution in [0.25, 0.3) is 0 Å². The maximum Gasteiger partial charge on any atom is 0.332 e. The molecule has 0 unspecified atom stereocenters. The molecule has 0 fully saturated rings. The van der Waals surface area contributed by atoms with Crippen LogP contribution in [0.2, 0.25) is 0 Å². The zero-order valence-corrected chi connectivity index (χ0v) is 14.2. The molecule has 0 saturated carbocycles. The van der Waals surface area contributed by atoms with Crippen molar-refractivity contribution in [3.8, 4) is 11.5 Å². The average Bonchev–Trinajstić information content (AvgIpc) is 2.49. The summed E-state index contributed by atoms with van der Waals surface area (Å²) in [7, 11) is 0. The van der Waals surface area contributed by atoms with Gasteiger partial charge in [-0.1, -0.05) is 32.9 Å². The first kappa shape index (κ1) is 17.5. The van der Waals surface area contributed by atoms with Crippen LogP contribution in [0.1, 0.15) is 31.9 Å². The van der Waals surface area contributed by atoms with Crippen LogP contribution >= 0.6 is 0 Å². The molecule has 0 saturated heterocycles. The zero-order chi connectivity index (χ0) is 17.6. The number of hydrogen-bond donors (Lipinski definition) is 2. The van der Waals surface area contributed by atoms with Crippen LogP contribution in [-0.2, 0) is 6.42 Å². The lowest BCUT2D eigenvalue weighted by atomic mass is 9.88. The second-order valence-corrected chi connectivity index (χ2v) is 6.79. The molecule has 0 atom stereocenters. The lowest BCUT2D eigenvalue weighted by molar-refractivity contribution is 0.249. The third kappa shape index (κ3) is 6.12. The van der Waals surface area contributed by atoms with Crippen LogP contribution in [0.4, 0.5) is 4.79 Å². The number of urea groups is 1. The number of nitrogens with zero attached hydrogens (tertiary/aromatic N) is 1. The molecule has 0 bridgehead atoms. The van der Waals surface area contributed by atoms with Crippen molar-refractivity contribution in [3.63, 3.8) is 0 Å². The molecule has 5 heteroatoms. The molecule has 24 heavy (non-hydrogen) atoms. The number of primary amides is 1. The van der Waals surface area contributed by atoms with Gasteiger partial charge in [0.05, 0.1) is 6.21 Å². The Balaban J connectivity index is 1.96. The Hall–Kier alpha value is -2.82. The molecule has 2 amide bonds. The van der Waals surface area contributed by atoms with E-state index in [1.807, 2.05) is 36.4 Å². The van der Waals surface area contributed by atoms with Gasteiger partial charge in [0.1, 0.15) is 11.5 Å². The van der Waals surface area contributed by atoms with Gasteiger partial charge in [0, 0.05) is 0 Å². The lowest BCUT2D eigenvalue weighted by Gasteiger charge is -2.18. The summed E-state index contributed by atoms with van der Waals surface area (Å²) in [5.41, 5.74) is 9.47. The fourth-order valence-corrected chi connectivity index (χ4v) is 2.22. The molecule has 5 nitrogen and oxygen atoms in total. The molecule has 0 heterocycles. The number of amides is 2.